The summed E-state index contributed by atoms with van der Waals surface area (Å²) in [5.74, 6) is 1.30. The maximum absolute atomic E-state index is 6.21. The lowest BCUT2D eigenvalue weighted by atomic mass is 10.1. The first kappa shape index (κ1) is 15.8. The van der Waals surface area contributed by atoms with Gasteiger partial charge in [0.05, 0.1) is 5.76 Å². The molecule has 18 heavy (non-hydrogen) atoms. The van der Waals surface area contributed by atoms with E-state index in [9.17, 15) is 0 Å². The molecule has 106 valence electrons. The van der Waals surface area contributed by atoms with Crippen molar-refractivity contribution in [1.82, 2.24) is 0 Å². The van der Waals surface area contributed by atoms with Gasteiger partial charge < -0.3 is 4.43 Å². The summed E-state index contributed by atoms with van der Waals surface area (Å²) >= 11 is 0. The highest BCUT2D eigenvalue weighted by Crippen LogP contribution is 2.20. The fourth-order valence-electron chi connectivity index (χ4n) is 2.53. The predicted octanol–water partition coefficient (Wildman–Crippen LogP) is 6.03. The summed E-state index contributed by atoms with van der Waals surface area (Å²) in [7, 11) is -1.41. The summed E-state index contributed by atoms with van der Waals surface area (Å²) in [5, 5.41) is 0. The van der Waals surface area contributed by atoms with Crippen LogP contribution in [0.2, 0.25) is 19.6 Å². The average molecular weight is 269 g/mol. The molecule has 0 amide bonds. The molecule has 0 bridgehead atoms. The van der Waals surface area contributed by atoms with Gasteiger partial charge in [-0.05, 0) is 45.0 Å². The molecule has 0 aromatic heterocycles. The van der Waals surface area contributed by atoms with Gasteiger partial charge >= 0.3 is 0 Å². The monoisotopic (exact) mass is 268 g/mol. The molecular formula is C16H32OSi. The van der Waals surface area contributed by atoms with Crippen LogP contribution >= 0.6 is 0 Å². The molecule has 1 aliphatic rings. The van der Waals surface area contributed by atoms with E-state index in [0.29, 0.717) is 0 Å². The quantitative estimate of drug-likeness (QED) is 0.556. The van der Waals surface area contributed by atoms with Crippen molar-refractivity contribution in [3.8, 4) is 0 Å². The van der Waals surface area contributed by atoms with E-state index in [2.05, 4.69) is 25.7 Å². The minimum atomic E-state index is -1.41. The largest absolute Gasteiger partial charge is 0.548 e. The molecule has 0 atom stereocenters. The Labute approximate surface area is 115 Å². The van der Waals surface area contributed by atoms with E-state index in [1.807, 2.05) is 0 Å². The van der Waals surface area contributed by atoms with E-state index >= 15 is 0 Å². The van der Waals surface area contributed by atoms with Crippen molar-refractivity contribution in [3.05, 3.63) is 11.8 Å². The molecule has 0 saturated carbocycles. The zero-order chi connectivity index (χ0) is 13.3. The van der Waals surface area contributed by atoms with E-state index in [4.69, 9.17) is 4.43 Å². The molecule has 0 aromatic rings. The van der Waals surface area contributed by atoms with E-state index in [-0.39, 0.29) is 0 Å². The Morgan fingerprint density at radius 2 is 1.28 bits per heavy atom. The first-order chi connectivity index (χ1) is 8.58. The van der Waals surface area contributed by atoms with Crippen LogP contribution in [-0.4, -0.2) is 8.32 Å². The van der Waals surface area contributed by atoms with Crippen LogP contribution in [0.5, 0.6) is 0 Å². The van der Waals surface area contributed by atoms with Crippen LogP contribution in [-0.2, 0) is 4.43 Å². The molecule has 0 saturated heterocycles. The summed E-state index contributed by atoms with van der Waals surface area (Å²) in [4.78, 5) is 0. The van der Waals surface area contributed by atoms with Crippen LogP contribution in [0.15, 0.2) is 11.8 Å². The second-order valence-electron chi connectivity index (χ2n) is 6.61. The average Bonchev–Trinajstić information content (AvgIpc) is 2.29. The standard InChI is InChI=1S/C16H32OSi/c1-18(2,3)17-16-14-12-10-8-6-4-5-7-9-11-13-15-16/h14H,4-13,15H2,1-3H3/b16-14+. The summed E-state index contributed by atoms with van der Waals surface area (Å²) in [6.45, 7) is 6.86. The smallest absolute Gasteiger partial charge is 0.241 e. The topological polar surface area (TPSA) is 9.23 Å². The number of hydrogen-bond donors (Lipinski definition) is 0. The highest BCUT2D eigenvalue weighted by molar-refractivity contribution is 6.70. The maximum Gasteiger partial charge on any atom is 0.241 e. The molecule has 0 aliphatic heterocycles. The van der Waals surface area contributed by atoms with Crippen LogP contribution in [0.4, 0.5) is 0 Å². The zero-order valence-electron chi connectivity index (χ0n) is 12.8. The second kappa shape index (κ2) is 8.79. The Hall–Kier alpha value is -0.243. The third-order valence-electron chi connectivity index (χ3n) is 3.44. The van der Waals surface area contributed by atoms with Gasteiger partial charge in [-0.25, -0.2) is 0 Å². The predicted molar refractivity (Wildman–Crippen MR) is 83.3 cm³/mol. The fraction of sp³-hybridized carbons (Fsp3) is 0.875. The summed E-state index contributed by atoms with van der Waals surface area (Å²) in [6, 6.07) is 0. The van der Waals surface area contributed by atoms with Gasteiger partial charge in [-0.3, -0.25) is 0 Å². The molecule has 1 rings (SSSR count). The van der Waals surface area contributed by atoms with Crippen molar-refractivity contribution in [2.75, 3.05) is 0 Å². The fourth-order valence-corrected chi connectivity index (χ4v) is 3.50. The van der Waals surface area contributed by atoms with Gasteiger partial charge in [-0.2, -0.15) is 0 Å². The first-order valence-electron chi connectivity index (χ1n) is 7.96. The third kappa shape index (κ3) is 8.79. The summed E-state index contributed by atoms with van der Waals surface area (Å²) in [6.07, 6.45) is 17.4. The Morgan fingerprint density at radius 3 is 1.83 bits per heavy atom. The SMILES string of the molecule is C[Si](C)(C)O/C1=C/CCCCCCCCCCC1. The van der Waals surface area contributed by atoms with Crippen LogP contribution < -0.4 is 0 Å². The molecule has 0 radical (unpaired) electrons. The zero-order valence-corrected chi connectivity index (χ0v) is 13.8. The Kier molecular flexibility index (Phi) is 7.72. The van der Waals surface area contributed by atoms with Gasteiger partial charge in [-0.1, -0.05) is 44.9 Å². The molecule has 1 aliphatic carbocycles. The second-order valence-corrected chi connectivity index (χ2v) is 11.0. The highest BCUT2D eigenvalue weighted by Gasteiger charge is 2.17. The molecule has 0 aromatic carbocycles. The maximum atomic E-state index is 6.21. The Balaban J connectivity index is 2.43. The molecule has 1 nitrogen and oxygen atoms in total. The number of rotatable bonds is 2. The van der Waals surface area contributed by atoms with Crippen molar-refractivity contribution < 1.29 is 4.43 Å². The normalized spacial score (nSPS) is 24.1. The van der Waals surface area contributed by atoms with Gasteiger partial charge in [0.1, 0.15) is 0 Å². The summed E-state index contributed by atoms with van der Waals surface area (Å²) < 4.78 is 6.21. The summed E-state index contributed by atoms with van der Waals surface area (Å²) in [5.41, 5.74) is 0. The molecule has 0 spiro atoms. The van der Waals surface area contributed by atoms with Crippen molar-refractivity contribution in [1.29, 1.82) is 0 Å². The minimum Gasteiger partial charge on any atom is -0.548 e. The van der Waals surface area contributed by atoms with Crippen LogP contribution in [0.1, 0.15) is 70.6 Å². The molecule has 0 heterocycles. The lowest BCUT2D eigenvalue weighted by molar-refractivity contribution is 0.388. The Morgan fingerprint density at radius 1 is 0.778 bits per heavy atom. The van der Waals surface area contributed by atoms with Gasteiger partial charge in [0.15, 0.2) is 0 Å². The molecule has 0 unspecified atom stereocenters. The number of hydrogen-bond acceptors (Lipinski definition) is 1. The molecule has 0 fully saturated rings. The lowest BCUT2D eigenvalue weighted by Crippen LogP contribution is -2.24. The van der Waals surface area contributed by atoms with Gasteiger partial charge in [0, 0.05) is 6.42 Å². The van der Waals surface area contributed by atoms with E-state index in [1.165, 1.54) is 76.4 Å². The van der Waals surface area contributed by atoms with Crippen LogP contribution in [0.3, 0.4) is 0 Å². The van der Waals surface area contributed by atoms with Gasteiger partial charge in [-0.15, -0.1) is 0 Å². The van der Waals surface area contributed by atoms with Gasteiger partial charge in [0.2, 0.25) is 8.32 Å². The van der Waals surface area contributed by atoms with Crippen LogP contribution in [0, 0.1) is 0 Å². The minimum absolute atomic E-state index is 1.17. The van der Waals surface area contributed by atoms with Crippen LogP contribution in [0.25, 0.3) is 0 Å². The van der Waals surface area contributed by atoms with Crippen molar-refractivity contribution in [2.24, 2.45) is 0 Å². The highest BCUT2D eigenvalue weighted by atomic mass is 28.4. The third-order valence-corrected chi connectivity index (χ3v) is 4.31. The van der Waals surface area contributed by atoms with Crippen molar-refractivity contribution >= 4 is 8.32 Å². The molecular weight excluding hydrogens is 236 g/mol. The molecule has 2 heteroatoms. The van der Waals surface area contributed by atoms with E-state index in [0.717, 1.165) is 0 Å². The van der Waals surface area contributed by atoms with Crippen molar-refractivity contribution in [2.45, 2.75) is 90.3 Å². The van der Waals surface area contributed by atoms with E-state index in [1.54, 1.807) is 0 Å². The lowest BCUT2D eigenvalue weighted by Gasteiger charge is -2.22. The van der Waals surface area contributed by atoms with E-state index < -0.39 is 8.32 Å². The Bertz CT molecular complexity index is 240. The van der Waals surface area contributed by atoms with Crippen molar-refractivity contribution in [3.63, 3.8) is 0 Å². The number of allylic oxidation sites excluding steroid dienone is 2. The molecule has 0 N–H and O–H groups in total. The first-order valence-corrected chi connectivity index (χ1v) is 11.4. The van der Waals surface area contributed by atoms with Gasteiger partial charge in [0.25, 0.3) is 0 Å².